The average Bonchev–Trinajstić information content (AvgIpc) is 2.79. The number of halogens is 1. The van der Waals surface area contributed by atoms with Gasteiger partial charge in [-0.2, -0.15) is 0 Å². The highest BCUT2D eigenvalue weighted by molar-refractivity contribution is 5.68. The molecule has 0 unspecified atom stereocenters. The summed E-state index contributed by atoms with van der Waals surface area (Å²) in [5.41, 5.74) is 5.62. The summed E-state index contributed by atoms with van der Waals surface area (Å²) < 4.78 is 24.3. The summed E-state index contributed by atoms with van der Waals surface area (Å²) in [6, 6.07) is 3.85. The first-order chi connectivity index (χ1) is 10.2. The highest BCUT2D eigenvalue weighted by atomic mass is 19.1. The SMILES string of the molecule is CC(C)(C)OC(=O)N[C@H]1CCC[C@@H]1Oc1cc(F)ccc1N. The zero-order valence-electron chi connectivity index (χ0n) is 13.2. The van der Waals surface area contributed by atoms with Crippen molar-refractivity contribution in [3.05, 3.63) is 24.0 Å². The van der Waals surface area contributed by atoms with Gasteiger partial charge in [-0.3, -0.25) is 0 Å². The fraction of sp³-hybridized carbons (Fsp3) is 0.562. The summed E-state index contributed by atoms with van der Waals surface area (Å²) in [5, 5.41) is 2.82. The lowest BCUT2D eigenvalue weighted by atomic mass is 10.2. The Morgan fingerprint density at radius 1 is 1.36 bits per heavy atom. The Morgan fingerprint density at radius 3 is 2.77 bits per heavy atom. The molecule has 1 aromatic rings. The molecular weight excluding hydrogens is 287 g/mol. The molecule has 1 aromatic carbocycles. The molecule has 1 fully saturated rings. The normalized spacial score (nSPS) is 21.5. The minimum Gasteiger partial charge on any atom is -0.486 e. The third-order valence-corrected chi connectivity index (χ3v) is 3.41. The quantitative estimate of drug-likeness (QED) is 0.841. The lowest BCUT2D eigenvalue weighted by Crippen LogP contribution is -2.44. The molecule has 0 bridgehead atoms. The maximum Gasteiger partial charge on any atom is 0.408 e. The molecule has 22 heavy (non-hydrogen) atoms. The maximum absolute atomic E-state index is 13.3. The number of benzene rings is 1. The maximum atomic E-state index is 13.3. The monoisotopic (exact) mass is 310 g/mol. The van der Waals surface area contributed by atoms with E-state index in [-0.39, 0.29) is 12.1 Å². The zero-order valence-corrected chi connectivity index (χ0v) is 13.2. The van der Waals surface area contributed by atoms with Crippen LogP contribution in [0.15, 0.2) is 18.2 Å². The van der Waals surface area contributed by atoms with Crippen LogP contribution in [0, 0.1) is 5.82 Å². The van der Waals surface area contributed by atoms with Crippen molar-refractivity contribution >= 4 is 11.8 Å². The number of nitrogens with two attached hydrogens (primary N) is 1. The number of hydrogen-bond acceptors (Lipinski definition) is 4. The molecule has 6 heteroatoms. The van der Waals surface area contributed by atoms with Gasteiger partial charge in [0.05, 0.1) is 11.7 Å². The molecule has 1 saturated carbocycles. The van der Waals surface area contributed by atoms with Crippen LogP contribution < -0.4 is 15.8 Å². The number of nitrogen functional groups attached to an aromatic ring is 1. The van der Waals surface area contributed by atoms with Gasteiger partial charge in [0.25, 0.3) is 0 Å². The van der Waals surface area contributed by atoms with Crippen molar-refractivity contribution < 1.29 is 18.7 Å². The van der Waals surface area contributed by atoms with Gasteiger partial charge in [-0.05, 0) is 52.2 Å². The molecule has 122 valence electrons. The first kappa shape index (κ1) is 16.4. The van der Waals surface area contributed by atoms with Crippen LogP contribution in [-0.4, -0.2) is 23.8 Å². The number of carbonyl (C=O) groups excluding carboxylic acids is 1. The molecule has 1 aliphatic carbocycles. The number of carbonyl (C=O) groups is 1. The second-order valence-corrected chi connectivity index (χ2v) is 6.52. The van der Waals surface area contributed by atoms with Crippen LogP contribution >= 0.6 is 0 Å². The highest BCUT2D eigenvalue weighted by Crippen LogP contribution is 2.29. The molecule has 0 saturated heterocycles. The van der Waals surface area contributed by atoms with Crippen LogP contribution in [0.3, 0.4) is 0 Å². The Balaban J connectivity index is 1.99. The molecular formula is C16H23FN2O3. The van der Waals surface area contributed by atoms with Crippen LogP contribution in [0.25, 0.3) is 0 Å². The minimum atomic E-state index is -0.550. The van der Waals surface area contributed by atoms with Crippen LogP contribution in [0.1, 0.15) is 40.0 Å². The van der Waals surface area contributed by atoms with Crippen molar-refractivity contribution in [3.8, 4) is 5.75 Å². The van der Waals surface area contributed by atoms with Gasteiger partial charge >= 0.3 is 6.09 Å². The van der Waals surface area contributed by atoms with Crippen LogP contribution in [0.4, 0.5) is 14.9 Å². The summed E-state index contributed by atoms with van der Waals surface area (Å²) in [4.78, 5) is 11.9. The Hall–Kier alpha value is -1.98. The molecule has 0 radical (unpaired) electrons. The topological polar surface area (TPSA) is 73.6 Å². The van der Waals surface area contributed by atoms with E-state index in [2.05, 4.69) is 5.32 Å². The van der Waals surface area contributed by atoms with E-state index in [1.807, 2.05) is 20.8 Å². The Labute approximate surface area is 130 Å². The van der Waals surface area contributed by atoms with Gasteiger partial charge in [-0.1, -0.05) is 0 Å². The predicted molar refractivity (Wildman–Crippen MR) is 82.2 cm³/mol. The number of hydrogen-bond donors (Lipinski definition) is 2. The van der Waals surface area contributed by atoms with Gasteiger partial charge in [0.2, 0.25) is 0 Å². The number of anilines is 1. The van der Waals surface area contributed by atoms with Gasteiger partial charge < -0.3 is 20.5 Å². The van der Waals surface area contributed by atoms with Gasteiger partial charge in [0.1, 0.15) is 23.3 Å². The van der Waals surface area contributed by atoms with Crippen LogP contribution in [-0.2, 0) is 4.74 Å². The fourth-order valence-electron chi connectivity index (χ4n) is 2.46. The van der Waals surface area contributed by atoms with Crippen molar-refractivity contribution in [3.63, 3.8) is 0 Å². The Morgan fingerprint density at radius 2 is 2.09 bits per heavy atom. The largest absolute Gasteiger partial charge is 0.486 e. The van der Waals surface area contributed by atoms with Gasteiger partial charge in [0.15, 0.2) is 0 Å². The van der Waals surface area contributed by atoms with E-state index >= 15 is 0 Å². The van der Waals surface area contributed by atoms with E-state index in [1.165, 1.54) is 18.2 Å². The number of nitrogens with one attached hydrogen (secondary N) is 1. The van der Waals surface area contributed by atoms with E-state index < -0.39 is 17.5 Å². The van der Waals surface area contributed by atoms with E-state index in [0.717, 1.165) is 19.3 Å². The average molecular weight is 310 g/mol. The Kier molecular flexibility index (Phi) is 4.78. The van der Waals surface area contributed by atoms with Gasteiger partial charge in [0, 0.05) is 6.07 Å². The molecule has 0 spiro atoms. The van der Waals surface area contributed by atoms with E-state index in [9.17, 15) is 9.18 Å². The molecule has 2 rings (SSSR count). The summed E-state index contributed by atoms with van der Waals surface area (Å²) in [6.07, 6.45) is 1.77. The Bertz CT molecular complexity index is 543. The fourth-order valence-corrected chi connectivity index (χ4v) is 2.46. The smallest absolute Gasteiger partial charge is 0.408 e. The van der Waals surface area contributed by atoms with Crippen molar-refractivity contribution in [1.82, 2.24) is 5.32 Å². The second-order valence-electron chi connectivity index (χ2n) is 6.52. The first-order valence-electron chi connectivity index (χ1n) is 7.46. The molecule has 1 aliphatic rings. The molecule has 0 aromatic heterocycles. The van der Waals surface area contributed by atoms with E-state index in [1.54, 1.807) is 0 Å². The predicted octanol–water partition coefficient (Wildman–Crippen LogP) is 3.23. The summed E-state index contributed by atoms with van der Waals surface area (Å²) in [6.45, 7) is 5.42. The van der Waals surface area contributed by atoms with Crippen molar-refractivity contribution in [1.29, 1.82) is 0 Å². The molecule has 2 atom stereocenters. The first-order valence-corrected chi connectivity index (χ1v) is 7.46. The summed E-state index contributed by atoms with van der Waals surface area (Å²) in [7, 11) is 0. The zero-order chi connectivity index (χ0) is 16.3. The lowest BCUT2D eigenvalue weighted by Gasteiger charge is -2.25. The molecule has 0 aliphatic heterocycles. The van der Waals surface area contributed by atoms with E-state index in [4.69, 9.17) is 15.2 Å². The highest BCUT2D eigenvalue weighted by Gasteiger charge is 2.32. The van der Waals surface area contributed by atoms with Crippen LogP contribution in [0.2, 0.25) is 0 Å². The van der Waals surface area contributed by atoms with Crippen LogP contribution in [0.5, 0.6) is 5.75 Å². The van der Waals surface area contributed by atoms with Crippen molar-refractivity contribution in [2.24, 2.45) is 0 Å². The molecule has 0 heterocycles. The van der Waals surface area contributed by atoms with E-state index in [0.29, 0.717) is 11.4 Å². The van der Waals surface area contributed by atoms with Crippen molar-refractivity contribution in [2.75, 3.05) is 5.73 Å². The number of rotatable bonds is 3. The molecule has 3 N–H and O–H groups in total. The van der Waals surface area contributed by atoms with Gasteiger partial charge in [-0.15, -0.1) is 0 Å². The molecule has 1 amide bonds. The molecule has 5 nitrogen and oxygen atoms in total. The lowest BCUT2D eigenvalue weighted by molar-refractivity contribution is 0.0464. The number of amides is 1. The summed E-state index contributed by atoms with van der Waals surface area (Å²) in [5.74, 6) is -0.0956. The van der Waals surface area contributed by atoms with Crippen molar-refractivity contribution in [2.45, 2.75) is 57.8 Å². The standard InChI is InChI=1S/C16H23FN2O3/c1-16(2,3)22-15(20)19-12-5-4-6-13(12)21-14-9-10(17)7-8-11(14)18/h7-9,12-13H,4-6,18H2,1-3H3,(H,19,20)/t12-,13-/m0/s1. The summed E-state index contributed by atoms with van der Waals surface area (Å²) >= 11 is 0. The van der Waals surface area contributed by atoms with Gasteiger partial charge in [-0.25, -0.2) is 9.18 Å². The third kappa shape index (κ3) is 4.51. The second kappa shape index (κ2) is 6.42. The minimum absolute atomic E-state index is 0.169. The number of alkyl carbamates (subject to hydrolysis) is 1. The third-order valence-electron chi connectivity index (χ3n) is 3.41. The number of ether oxygens (including phenoxy) is 2.